The van der Waals surface area contributed by atoms with Crippen molar-refractivity contribution in [3.05, 3.63) is 131 Å². The Morgan fingerprint density at radius 1 is 0.830 bits per heavy atom. The Hall–Kier alpha value is -4.50. The Bertz CT molecular complexity index is 1760. The predicted octanol–water partition coefficient (Wildman–Crippen LogP) is 6.73. The Morgan fingerprint density at radius 3 is 2.13 bits per heavy atom. The van der Waals surface area contributed by atoms with Gasteiger partial charge in [0.15, 0.2) is 0 Å². The van der Waals surface area contributed by atoms with Gasteiger partial charge in [0.1, 0.15) is 18.4 Å². The molecule has 0 bridgehead atoms. The van der Waals surface area contributed by atoms with Gasteiger partial charge in [0, 0.05) is 19.0 Å². The molecule has 1 fully saturated rings. The number of aryl methyl sites for hydroxylation is 2. The van der Waals surface area contributed by atoms with Crippen LogP contribution in [0.1, 0.15) is 54.4 Å². The van der Waals surface area contributed by atoms with Crippen LogP contribution in [0.5, 0.6) is 0 Å². The number of sulfonamides is 1. The first-order valence-electron chi connectivity index (χ1n) is 16.1. The zero-order valence-corrected chi connectivity index (χ0v) is 27.8. The second-order valence-corrected chi connectivity index (χ2v) is 14.2. The number of nitrogens with one attached hydrogen (secondary N) is 1. The third-order valence-corrected chi connectivity index (χ3v) is 10.6. The molecule has 0 saturated heterocycles. The van der Waals surface area contributed by atoms with Gasteiger partial charge in [-0.25, -0.2) is 12.8 Å². The van der Waals surface area contributed by atoms with E-state index in [4.69, 9.17) is 0 Å². The lowest BCUT2D eigenvalue weighted by atomic mass is 9.94. The van der Waals surface area contributed by atoms with Crippen LogP contribution in [-0.2, 0) is 32.6 Å². The lowest BCUT2D eigenvalue weighted by Crippen LogP contribution is -2.55. The van der Waals surface area contributed by atoms with Gasteiger partial charge in [0.25, 0.3) is 10.0 Å². The van der Waals surface area contributed by atoms with E-state index in [2.05, 4.69) is 5.32 Å². The van der Waals surface area contributed by atoms with E-state index in [1.807, 2.05) is 68.4 Å². The van der Waals surface area contributed by atoms with Crippen molar-refractivity contribution in [1.82, 2.24) is 10.2 Å². The number of carbonyl (C=O) groups is 2. The Balaban J connectivity index is 1.56. The van der Waals surface area contributed by atoms with Gasteiger partial charge in [-0.2, -0.15) is 0 Å². The molecule has 246 valence electrons. The molecule has 1 aliphatic carbocycles. The molecule has 4 aromatic rings. The van der Waals surface area contributed by atoms with Gasteiger partial charge in [-0.3, -0.25) is 13.9 Å². The van der Waals surface area contributed by atoms with E-state index in [1.54, 1.807) is 12.1 Å². The number of amides is 2. The quantitative estimate of drug-likeness (QED) is 0.184. The highest BCUT2D eigenvalue weighted by Crippen LogP contribution is 2.26. The van der Waals surface area contributed by atoms with Gasteiger partial charge in [-0.05, 0) is 79.8 Å². The van der Waals surface area contributed by atoms with E-state index in [-0.39, 0.29) is 35.5 Å². The minimum atomic E-state index is -4.26. The first-order chi connectivity index (χ1) is 22.6. The Kier molecular flexibility index (Phi) is 11.1. The summed E-state index contributed by atoms with van der Waals surface area (Å²) in [6.07, 6.45) is 5.20. The monoisotopic (exact) mass is 655 g/mol. The van der Waals surface area contributed by atoms with E-state index >= 15 is 0 Å². The third-order valence-electron chi connectivity index (χ3n) is 8.83. The maximum atomic E-state index is 14.6. The van der Waals surface area contributed by atoms with Crippen molar-refractivity contribution >= 4 is 27.5 Å². The number of rotatable bonds is 12. The molecule has 4 aromatic carbocycles. The summed E-state index contributed by atoms with van der Waals surface area (Å²) in [5.74, 6) is -1.35. The number of hydrogen-bond acceptors (Lipinski definition) is 4. The maximum absolute atomic E-state index is 14.6. The summed E-state index contributed by atoms with van der Waals surface area (Å²) in [6, 6.07) is 27.7. The maximum Gasteiger partial charge on any atom is 0.264 e. The number of anilines is 1. The molecule has 0 spiro atoms. The van der Waals surface area contributed by atoms with Crippen molar-refractivity contribution in [3.8, 4) is 0 Å². The normalized spacial score (nSPS) is 14.3. The van der Waals surface area contributed by atoms with E-state index in [0.29, 0.717) is 0 Å². The van der Waals surface area contributed by atoms with E-state index < -0.39 is 34.3 Å². The van der Waals surface area contributed by atoms with Crippen LogP contribution in [0.3, 0.4) is 0 Å². The molecule has 0 heterocycles. The number of nitrogens with zero attached hydrogens (tertiary/aromatic N) is 2. The van der Waals surface area contributed by atoms with Gasteiger partial charge in [-0.1, -0.05) is 91.6 Å². The number of halogens is 1. The molecule has 5 rings (SSSR count). The second kappa shape index (κ2) is 15.4. The molecule has 0 radical (unpaired) electrons. The van der Waals surface area contributed by atoms with Crippen LogP contribution in [0, 0.1) is 19.7 Å². The molecule has 1 saturated carbocycles. The summed E-state index contributed by atoms with van der Waals surface area (Å²) in [7, 11) is -4.26. The van der Waals surface area contributed by atoms with E-state index in [9.17, 15) is 22.4 Å². The highest BCUT2D eigenvalue weighted by atomic mass is 32.2. The minimum absolute atomic E-state index is 0.00144. The number of benzene rings is 4. The van der Waals surface area contributed by atoms with Crippen molar-refractivity contribution in [3.63, 3.8) is 0 Å². The molecule has 0 aliphatic heterocycles. The van der Waals surface area contributed by atoms with Gasteiger partial charge < -0.3 is 10.2 Å². The van der Waals surface area contributed by atoms with E-state index in [1.165, 1.54) is 41.3 Å². The van der Waals surface area contributed by atoms with Crippen LogP contribution in [0.4, 0.5) is 10.1 Å². The molecule has 7 nitrogen and oxygen atoms in total. The number of hydrogen-bond donors (Lipinski definition) is 1. The highest BCUT2D eigenvalue weighted by Gasteiger charge is 2.35. The Morgan fingerprint density at radius 2 is 1.47 bits per heavy atom. The summed E-state index contributed by atoms with van der Waals surface area (Å²) in [6.45, 7) is 3.31. The molecule has 0 aromatic heterocycles. The van der Waals surface area contributed by atoms with Gasteiger partial charge in [0.05, 0.1) is 10.6 Å². The average Bonchev–Trinajstić information content (AvgIpc) is 3.07. The number of carbonyl (C=O) groups excluding carboxylic acids is 2. The molecule has 9 heteroatoms. The smallest absolute Gasteiger partial charge is 0.264 e. The minimum Gasteiger partial charge on any atom is -0.352 e. The Labute approximate surface area is 277 Å². The molecule has 1 aliphatic rings. The van der Waals surface area contributed by atoms with Crippen molar-refractivity contribution in [2.75, 3.05) is 10.8 Å². The first kappa shape index (κ1) is 33.9. The second-order valence-electron chi connectivity index (χ2n) is 12.3. The van der Waals surface area contributed by atoms with Crippen LogP contribution >= 0.6 is 0 Å². The van der Waals surface area contributed by atoms with Crippen LogP contribution in [-0.4, -0.2) is 43.8 Å². The molecule has 1 atom stereocenters. The van der Waals surface area contributed by atoms with Gasteiger partial charge in [-0.15, -0.1) is 0 Å². The summed E-state index contributed by atoms with van der Waals surface area (Å²) in [5, 5.41) is 3.22. The summed E-state index contributed by atoms with van der Waals surface area (Å²) in [5.41, 5.74) is 3.69. The summed E-state index contributed by atoms with van der Waals surface area (Å²) in [4.78, 5) is 30.3. The third kappa shape index (κ3) is 8.65. The van der Waals surface area contributed by atoms with Crippen LogP contribution in [0.15, 0.2) is 108 Å². The fourth-order valence-electron chi connectivity index (χ4n) is 6.04. The SMILES string of the molecule is Cc1ccc(S(=O)(=O)N(CC(=O)N(Cc2ccccc2C)[C@@H](Cc2ccccc2)C(=O)NC2CCCCC2)c2ccc(F)cc2)cc1. The fourth-order valence-corrected chi connectivity index (χ4v) is 7.46. The molecule has 2 amide bonds. The largest absolute Gasteiger partial charge is 0.352 e. The van der Waals surface area contributed by atoms with Crippen LogP contribution in [0.2, 0.25) is 0 Å². The van der Waals surface area contributed by atoms with Crippen LogP contribution in [0.25, 0.3) is 0 Å². The zero-order valence-electron chi connectivity index (χ0n) is 26.9. The summed E-state index contributed by atoms with van der Waals surface area (Å²) < 4.78 is 43.3. The van der Waals surface area contributed by atoms with Crippen molar-refractivity contribution in [2.45, 2.75) is 75.9 Å². The highest BCUT2D eigenvalue weighted by molar-refractivity contribution is 7.92. The van der Waals surface area contributed by atoms with Crippen molar-refractivity contribution in [2.24, 2.45) is 0 Å². The van der Waals surface area contributed by atoms with Gasteiger partial charge >= 0.3 is 0 Å². The fraction of sp³-hybridized carbons (Fsp3) is 0.316. The molecule has 47 heavy (non-hydrogen) atoms. The van der Waals surface area contributed by atoms with Crippen molar-refractivity contribution < 1.29 is 22.4 Å². The molecular weight excluding hydrogens is 614 g/mol. The zero-order chi connectivity index (χ0) is 33.4. The average molecular weight is 656 g/mol. The lowest BCUT2D eigenvalue weighted by Gasteiger charge is -2.35. The molecule has 1 N–H and O–H groups in total. The first-order valence-corrected chi connectivity index (χ1v) is 17.6. The van der Waals surface area contributed by atoms with Crippen molar-refractivity contribution in [1.29, 1.82) is 0 Å². The molecule has 0 unspecified atom stereocenters. The van der Waals surface area contributed by atoms with Crippen LogP contribution < -0.4 is 9.62 Å². The van der Waals surface area contributed by atoms with Gasteiger partial charge in [0.2, 0.25) is 11.8 Å². The molecular formula is C38H42FN3O4S. The summed E-state index contributed by atoms with van der Waals surface area (Å²) >= 11 is 0. The standard InChI is InChI=1S/C38H42FN3O4S/c1-28-17-23-35(24-18-28)47(45,46)42(34-21-19-32(39)20-22-34)27-37(43)41(26-31-14-10-9-11-29(31)2)36(25-30-12-5-3-6-13-30)38(44)40-33-15-7-4-8-16-33/h3,5-6,9-14,17-24,33,36H,4,7-8,15-16,25-27H2,1-2H3,(H,40,44)/t36-/m0/s1. The lowest BCUT2D eigenvalue weighted by molar-refractivity contribution is -0.140. The predicted molar refractivity (Wildman–Crippen MR) is 183 cm³/mol. The topological polar surface area (TPSA) is 86.8 Å². The van der Waals surface area contributed by atoms with E-state index in [0.717, 1.165) is 58.7 Å².